The zero-order valence-electron chi connectivity index (χ0n) is 12.6. The van der Waals surface area contributed by atoms with Gasteiger partial charge in [-0.05, 0) is 61.3 Å². The third kappa shape index (κ3) is 5.00. The molecule has 0 aliphatic rings. The lowest BCUT2D eigenvalue weighted by Gasteiger charge is -2.23. The summed E-state index contributed by atoms with van der Waals surface area (Å²) in [6.45, 7) is 6.84. The van der Waals surface area contributed by atoms with Crippen molar-refractivity contribution in [2.24, 2.45) is 0 Å². The fourth-order valence-electron chi connectivity index (χ4n) is 1.55. The average molecular weight is 361 g/mol. The zero-order chi connectivity index (χ0) is 16.4. The summed E-state index contributed by atoms with van der Waals surface area (Å²) in [5.41, 5.74) is 2.13. The smallest absolute Gasteiger partial charge is 0.426 e. The van der Waals surface area contributed by atoms with Gasteiger partial charge in [-0.15, -0.1) is 0 Å². The Morgan fingerprint density at radius 1 is 1.33 bits per heavy atom. The van der Waals surface area contributed by atoms with Crippen LogP contribution in [0.15, 0.2) is 16.6 Å². The number of hydrogen-bond acceptors (Lipinski definition) is 3. The first-order valence-corrected chi connectivity index (χ1v) is 7.04. The molecular formula is C14H18BrFN2O3. The number of rotatable bonds is 1. The maximum atomic E-state index is 14.0. The predicted molar refractivity (Wildman–Crippen MR) is 80.3 cm³/mol. The van der Waals surface area contributed by atoms with Crippen molar-refractivity contribution in [3.63, 3.8) is 0 Å². The molecule has 2 amide bonds. The van der Waals surface area contributed by atoms with Crippen LogP contribution in [0.4, 0.5) is 9.18 Å². The van der Waals surface area contributed by atoms with Crippen molar-refractivity contribution in [1.82, 2.24) is 10.4 Å². The Hall–Kier alpha value is -1.63. The second-order valence-corrected chi connectivity index (χ2v) is 6.44. The molecule has 0 fully saturated rings. The molecule has 5 nitrogen and oxygen atoms in total. The molecule has 0 bridgehead atoms. The van der Waals surface area contributed by atoms with E-state index in [0.29, 0.717) is 0 Å². The quantitative estimate of drug-likeness (QED) is 0.780. The minimum absolute atomic E-state index is 0.138. The van der Waals surface area contributed by atoms with Crippen LogP contribution in [-0.2, 0) is 4.74 Å². The number of hydrogen-bond donors (Lipinski definition) is 1. The molecule has 116 valence electrons. The maximum absolute atomic E-state index is 14.0. The highest BCUT2D eigenvalue weighted by atomic mass is 79.9. The van der Waals surface area contributed by atoms with Crippen LogP contribution in [0.2, 0.25) is 0 Å². The fourth-order valence-corrected chi connectivity index (χ4v) is 2.12. The van der Waals surface area contributed by atoms with Crippen molar-refractivity contribution in [3.8, 4) is 0 Å². The monoisotopic (exact) mass is 360 g/mol. The molecule has 1 rings (SSSR count). The Balaban J connectivity index is 2.87. The molecule has 21 heavy (non-hydrogen) atoms. The highest BCUT2D eigenvalue weighted by Crippen LogP contribution is 2.22. The van der Waals surface area contributed by atoms with Crippen molar-refractivity contribution >= 4 is 27.9 Å². The van der Waals surface area contributed by atoms with Crippen LogP contribution in [0, 0.1) is 12.7 Å². The van der Waals surface area contributed by atoms with Gasteiger partial charge in [-0.2, -0.15) is 0 Å². The van der Waals surface area contributed by atoms with Crippen LogP contribution in [0.3, 0.4) is 0 Å². The van der Waals surface area contributed by atoms with Gasteiger partial charge in [0, 0.05) is 7.05 Å². The van der Waals surface area contributed by atoms with Crippen LogP contribution in [0.25, 0.3) is 0 Å². The van der Waals surface area contributed by atoms with Gasteiger partial charge in [0.05, 0.1) is 10.0 Å². The van der Waals surface area contributed by atoms with E-state index in [1.807, 2.05) is 0 Å². The lowest BCUT2D eigenvalue weighted by molar-refractivity contribution is 0.0333. The molecule has 0 heterocycles. The molecule has 0 aliphatic heterocycles. The molecule has 0 radical (unpaired) electrons. The van der Waals surface area contributed by atoms with E-state index in [1.165, 1.54) is 13.1 Å². The minimum atomic E-state index is -0.787. The molecule has 0 aliphatic carbocycles. The highest BCUT2D eigenvalue weighted by Gasteiger charge is 2.22. The average Bonchev–Trinajstić information content (AvgIpc) is 2.30. The van der Waals surface area contributed by atoms with Crippen LogP contribution >= 0.6 is 15.9 Å². The van der Waals surface area contributed by atoms with Crippen molar-refractivity contribution in [2.75, 3.05) is 7.05 Å². The molecule has 7 heteroatoms. The van der Waals surface area contributed by atoms with E-state index >= 15 is 0 Å². The van der Waals surface area contributed by atoms with Crippen molar-refractivity contribution in [2.45, 2.75) is 33.3 Å². The first kappa shape index (κ1) is 17.4. The van der Waals surface area contributed by atoms with Gasteiger partial charge in [0.2, 0.25) is 0 Å². The van der Waals surface area contributed by atoms with Crippen LogP contribution in [-0.4, -0.2) is 29.7 Å². The number of carbonyl (C=O) groups excluding carboxylic acids is 2. The third-order valence-electron chi connectivity index (χ3n) is 2.37. The van der Waals surface area contributed by atoms with Gasteiger partial charge in [0.25, 0.3) is 5.91 Å². The van der Waals surface area contributed by atoms with Crippen molar-refractivity contribution in [3.05, 3.63) is 33.5 Å². The van der Waals surface area contributed by atoms with E-state index in [2.05, 4.69) is 21.4 Å². The zero-order valence-corrected chi connectivity index (χ0v) is 14.2. The Morgan fingerprint density at radius 3 is 2.43 bits per heavy atom. The number of benzene rings is 1. The van der Waals surface area contributed by atoms with Crippen LogP contribution < -0.4 is 5.43 Å². The highest BCUT2D eigenvalue weighted by molar-refractivity contribution is 9.10. The molecule has 0 atom stereocenters. The van der Waals surface area contributed by atoms with Gasteiger partial charge in [-0.1, -0.05) is 0 Å². The van der Waals surface area contributed by atoms with Gasteiger partial charge in [-0.3, -0.25) is 9.80 Å². The number of hydrazine groups is 1. The van der Waals surface area contributed by atoms with Gasteiger partial charge < -0.3 is 4.74 Å². The predicted octanol–water partition coefficient (Wildman–Crippen LogP) is 3.41. The van der Waals surface area contributed by atoms with E-state index in [1.54, 1.807) is 33.8 Å². The standard InChI is InChI=1S/C14H18BrFN2O3/c1-8-6-9(11(16)10(15)7-8)12(19)18(5)17-13(20)21-14(2,3)4/h6-7H,1-5H3,(H,17,20). The minimum Gasteiger partial charge on any atom is -0.443 e. The SMILES string of the molecule is Cc1cc(Br)c(F)c(C(=O)N(C)NC(=O)OC(C)(C)C)c1. The molecule has 0 unspecified atom stereocenters. The molecule has 0 spiro atoms. The third-order valence-corrected chi connectivity index (χ3v) is 2.94. The van der Waals surface area contributed by atoms with Crippen LogP contribution in [0.5, 0.6) is 0 Å². The van der Waals surface area contributed by atoms with Gasteiger partial charge in [0.1, 0.15) is 11.4 Å². The summed E-state index contributed by atoms with van der Waals surface area (Å²) in [7, 11) is 1.32. The van der Waals surface area contributed by atoms with E-state index in [9.17, 15) is 14.0 Å². The molecular weight excluding hydrogens is 343 g/mol. The summed E-state index contributed by atoms with van der Waals surface area (Å²) < 4.78 is 19.2. The van der Waals surface area contributed by atoms with Gasteiger partial charge >= 0.3 is 6.09 Å². The summed E-state index contributed by atoms with van der Waals surface area (Å²) in [4.78, 5) is 23.8. The summed E-state index contributed by atoms with van der Waals surface area (Å²) in [5, 5.41) is 0.887. The topological polar surface area (TPSA) is 58.6 Å². The Morgan fingerprint density at radius 2 is 1.90 bits per heavy atom. The number of nitrogens with one attached hydrogen (secondary N) is 1. The lowest BCUT2D eigenvalue weighted by atomic mass is 10.1. The Kier molecular flexibility index (Phi) is 5.33. The summed E-state index contributed by atoms with van der Waals surface area (Å²) >= 11 is 3.05. The molecule has 0 saturated carbocycles. The van der Waals surface area contributed by atoms with E-state index in [4.69, 9.17) is 4.74 Å². The van der Waals surface area contributed by atoms with E-state index in [-0.39, 0.29) is 10.0 Å². The number of amides is 2. The number of aryl methyl sites for hydroxylation is 1. The summed E-state index contributed by atoms with van der Waals surface area (Å²) in [6.07, 6.45) is -0.787. The fraction of sp³-hybridized carbons (Fsp3) is 0.429. The molecule has 1 N–H and O–H groups in total. The number of ether oxygens (including phenoxy) is 1. The van der Waals surface area contributed by atoms with Crippen LogP contribution in [0.1, 0.15) is 36.7 Å². The summed E-state index contributed by atoms with van der Waals surface area (Å²) in [6, 6.07) is 2.98. The van der Waals surface area contributed by atoms with Gasteiger partial charge in [-0.25, -0.2) is 14.6 Å². The lowest BCUT2D eigenvalue weighted by Crippen LogP contribution is -2.45. The number of nitrogens with zero attached hydrogens (tertiary/aromatic N) is 1. The molecule has 1 aromatic rings. The maximum Gasteiger partial charge on any atom is 0.426 e. The summed E-state index contributed by atoms with van der Waals surface area (Å²) in [5.74, 6) is -1.36. The number of carbonyl (C=O) groups is 2. The molecule has 0 saturated heterocycles. The second-order valence-electron chi connectivity index (χ2n) is 5.59. The molecule has 1 aromatic carbocycles. The van der Waals surface area contributed by atoms with Gasteiger partial charge in [0.15, 0.2) is 0 Å². The first-order chi connectivity index (χ1) is 9.51. The Labute approximate surface area is 131 Å². The largest absolute Gasteiger partial charge is 0.443 e. The van der Waals surface area contributed by atoms with E-state index < -0.39 is 23.4 Å². The molecule has 0 aromatic heterocycles. The first-order valence-electron chi connectivity index (χ1n) is 6.24. The number of halogens is 2. The Bertz CT molecular complexity index is 570. The van der Waals surface area contributed by atoms with E-state index in [0.717, 1.165) is 10.6 Å². The normalized spacial score (nSPS) is 11.0. The van der Waals surface area contributed by atoms with Crippen molar-refractivity contribution < 1.29 is 18.7 Å². The van der Waals surface area contributed by atoms with Crippen molar-refractivity contribution in [1.29, 1.82) is 0 Å². The second kappa shape index (κ2) is 6.43.